The molecule has 0 saturated carbocycles. The minimum absolute atomic E-state index is 0.0819. The van der Waals surface area contributed by atoms with Crippen molar-refractivity contribution in [2.75, 3.05) is 0 Å². The lowest BCUT2D eigenvalue weighted by Crippen LogP contribution is -2.45. The van der Waals surface area contributed by atoms with Crippen LogP contribution in [0.25, 0.3) is 0 Å². The number of halogens is 1. The second-order valence-corrected chi connectivity index (χ2v) is 9.81. The second kappa shape index (κ2) is 10.7. The molecule has 0 aliphatic carbocycles. The number of pyridine rings is 1. The average Bonchev–Trinajstić information content (AvgIpc) is 3.33. The molecule has 0 spiro atoms. The van der Waals surface area contributed by atoms with Crippen molar-refractivity contribution in [3.63, 3.8) is 0 Å². The number of aromatic nitrogens is 2. The van der Waals surface area contributed by atoms with Gasteiger partial charge in [-0.05, 0) is 37.1 Å². The number of nitrogens with zero attached hydrogens (tertiary/aromatic N) is 1. The molecule has 0 aromatic carbocycles. The van der Waals surface area contributed by atoms with Gasteiger partial charge in [-0.15, -0.1) is 11.3 Å². The van der Waals surface area contributed by atoms with Crippen LogP contribution >= 0.6 is 22.9 Å². The lowest BCUT2D eigenvalue weighted by Gasteiger charge is -2.23. The van der Waals surface area contributed by atoms with Gasteiger partial charge in [0.05, 0.1) is 28.4 Å². The Hall–Kier alpha value is -3.37. The van der Waals surface area contributed by atoms with E-state index in [0.29, 0.717) is 9.21 Å². The molecule has 9 nitrogen and oxygen atoms in total. The van der Waals surface area contributed by atoms with E-state index >= 15 is 0 Å². The summed E-state index contributed by atoms with van der Waals surface area (Å²) in [6.07, 6.45) is 1.34. The molecule has 0 radical (unpaired) electrons. The number of hydrogen-bond acceptors (Lipinski definition) is 7. The monoisotopic (exact) mass is 504 g/mol. The van der Waals surface area contributed by atoms with E-state index in [0.717, 1.165) is 0 Å². The fraction of sp³-hybridized carbons (Fsp3) is 0.304. The van der Waals surface area contributed by atoms with Crippen LogP contribution in [0.2, 0.25) is 4.34 Å². The molecule has 11 heteroatoms. The van der Waals surface area contributed by atoms with Crippen LogP contribution in [0.15, 0.2) is 36.5 Å². The van der Waals surface area contributed by atoms with Gasteiger partial charge in [0.15, 0.2) is 11.7 Å². The van der Waals surface area contributed by atoms with E-state index in [9.17, 15) is 24.6 Å². The largest absolute Gasteiger partial charge is 0.494 e. The highest BCUT2D eigenvalue weighted by Gasteiger charge is 2.32. The highest BCUT2D eigenvalue weighted by atomic mass is 35.5. The number of rotatable bonds is 9. The Kier molecular flexibility index (Phi) is 7.95. The number of aromatic hydroxyl groups is 2. The zero-order valence-corrected chi connectivity index (χ0v) is 20.3. The molecule has 0 bridgehead atoms. The summed E-state index contributed by atoms with van der Waals surface area (Å²) in [5.41, 5.74) is 0.307. The number of Topliss-reactive ketones (excluding diaryl/α,β-unsaturated/α-hetero) is 1. The van der Waals surface area contributed by atoms with Gasteiger partial charge in [0.25, 0.3) is 5.91 Å². The summed E-state index contributed by atoms with van der Waals surface area (Å²) in [5.74, 6) is -2.58. The Labute approximate surface area is 205 Å². The van der Waals surface area contributed by atoms with Crippen molar-refractivity contribution < 1.29 is 24.6 Å². The number of hydrogen-bond donors (Lipinski definition) is 5. The molecule has 3 rings (SSSR count). The molecule has 3 aromatic heterocycles. The number of nitrogens with one attached hydrogen (secondary N) is 3. The molecule has 3 aromatic rings. The maximum absolute atomic E-state index is 13.1. The number of thiophene rings is 1. The summed E-state index contributed by atoms with van der Waals surface area (Å²) in [4.78, 5) is 45.8. The fourth-order valence-electron chi connectivity index (χ4n) is 3.44. The molecule has 180 valence electrons. The minimum Gasteiger partial charge on any atom is -0.494 e. The van der Waals surface area contributed by atoms with Crippen LogP contribution in [-0.4, -0.2) is 43.8 Å². The van der Waals surface area contributed by atoms with Crippen LogP contribution < -0.4 is 10.6 Å². The molecule has 0 saturated heterocycles. The summed E-state index contributed by atoms with van der Waals surface area (Å²) in [6, 6.07) is 6.65. The first-order chi connectivity index (χ1) is 16.1. The molecule has 2 amide bonds. The van der Waals surface area contributed by atoms with Gasteiger partial charge >= 0.3 is 0 Å². The van der Waals surface area contributed by atoms with Gasteiger partial charge in [-0.1, -0.05) is 31.5 Å². The third-order valence-corrected chi connectivity index (χ3v) is 6.59. The van der Waals surface area contributed by atoms with E-state index in [2.05, 4.69) is 20.6 Å². The summed E-state index contributed by atoms with van der Waals surface area (Å²) < 4.78 is 0.501. The van der Waals surface area contributed by atoms with E-state index in [1.807, 2.05) is 0 Å². The molecule has 5 N–H and O–H groups in total. The standard InChI is InChI=1S/C23H25ClN4O5S/c1-11(2)19(20(30)18-12(3)21(31)28-23(18)33)27-17(29)10-14(15-7-8-16(24)34-15)26-22(32)13-6-4-5-9-25-13/h4-9,11,14,19,28,31,33H,10H2,1-3H3,(H,26,32)(H,27,29)/t14?,19-/m0/s1. The zero-order valence-electron chi connectivity index (χ0n) is 18.8. The quantitative estimate of drug-likeness (QED) is 0.281. The van der Waals surface area contributed by atoms with E-state index in [4.69, 9.17) is 11.6 Å². The zero-order chi connectivity index (χ0) is 25.0. The van der Waals surface area contributed by atoms with Gasteiger partial charge in [-0.3, -0.25) is 24.4 Å². The van der Waals surface area contributed by atoms with Crippen molar-refractivity contribution in [1.29, 1.82) is 0 Å². The topological polar surface area (TPSA) is 144 Å². The van der Waals surface area contributed by atoms with Crippen molar-refractivity contribution in [2.24, 2.45) is 5.92 Å². The van der Waals surface area contributed by atoms with Gasteiger partial charge < -0.3 is 20.8 Å². The van der Waals surface area contributed by atoms with Crippen molar-refractivity contribution in [3.8, 4) is 11.8 Å². The normalized spacial score (nSPS) is 12.9. The smallest absolute Gasteiger partial charge is 0.270 e. The van der Waals surface area contributed by atoms with Gasteiger partial charge in [-0.2, -0.15) is 0 Å². The Balaban J connectivity index is 1.79. The first kappa shape index (κ1) is 25.3. The van der Waals surface area contributed by atoms with E-state index in [-0.39, 0.29) is 35.0 Å². The Morgan fingerprint density at radius 2 is 1.85 bits per heavy atom. The van der Waals surface area contributed by atoms with Gasteiger partial charge in [-0.25, -0.2) is 0 Å². The minimum atomic E-state index is -0.966. The van der Waals surface area contributed by atoms with Gasteiger partial charge in [0.2, 0.25) is 11.8 Å². The van der Waals surface area contributed by atoms with E-state index in [1.165, 1.54) is 24.5 Å². The maximum Gasteiger partial charge on any atom is 0.270 e. The maximum atomic E-state index is 13.1. The average molecular weight is 505 g/mol. The fourth-order valence-corrected chi connectivity index (χ4v) is 4.55. The summed E-state index contributed by atoms with van der Waals surface area (Å²) in [6.45, 7) is 4.99. The lowest BCUT2D eigenvalue weighted by atomic mass is 9.94. The molecule has 2 atom stereocenters. The van der Waals surface area contributed by atoms with Gasteiger partial charge in [0, 0.05) is 16.6 Å². The Morgan fingerprint density at radius 3 is 2.38 bits per heavy atom. The lowest BCUT2D eigenvalue weighted by molar-refractivity contribution is -0.122. The van der Waals surface area contributed by atoms with Crippen LogP contribution in [-0.2, 0) is 4.79 Å². The molecule has 3 heterocycles. The Morgan fingerprint density at radius 1 is 1.12 bits per heavy atom. The second-order valence-electron chi connectivity index (χ2n) is 8.06. The Bertz CT molecular complexity index is 1190. The first-order valence-corrected chi connectivity index (χ1v) is 11.7. The first-order valence-electron chi connectivity index (χ1n) is 10.5. The van der Waals surface area contributed by atoms with Gasteiger partial charge in [0.1, 0.15) is 5.69 Å². The molecule has 0 fully saturated rings. The predicted molar refractivity (Wildman–Crippen MR) is 128 cm³/mol. The molecule has 0 aliphatic heterocycles. The number of ketones is 1. The third-order valence-electron chi connectivity index (χ3n) is 5.25. The van der Waals surface area contributed by atoms with Crippen LogP contribution in [0.4, 0.5) is 0 Å². The summed E-state index contributed by atoms with van der Waals surface area (Å²) in [7, 11) is 0. The molecule has 0 aliphatic rings. The third kappa shape index (κ3) is 5.75. The highest BCUT2D eigenvalue weighted by Crippen LogP contribution is 2.31. The van der Waals surface area contributed by atoms with Crippen LogP contribution in [0, 0.1) is 12.8 Å². The van der Waals surface area contributed by atoms with Crippen molar-refractivity contribution in [1.82, 2.24) is 20.6 Å². The number of aromatic amines is 1. The molecular weight excluding hydrogens is 480 g/mol. The SMILES string of the molecule is Cc1c(O)[nH]c(O)c1C(=O)[C@@H](NC(=O)CC(NC(=O)c1ccccn1)c1ccc(Cl)s1)C(C)C. The summed E-state index contributed by atoms with van der Waals surface area (Å²) >= 11 is 7.29. The predicted octanol–water partition coefficient (Wildman–Crippen LogP) is 3.73. The number of amides is 2. The molecule has 34 heavy (non-hydrogen) atoms. The van der Waals surface area contributed by atoms with Crippen LogP contribution in [0.1, 0.15) is 57.6 Å². The van der Waals surface area contributed by atoms with Crippen molar-refractivity contribution >= 4 is 40.5 Å². The summed E-state index contributed by atoms with van der Waals surface area (Å²) in [5, 5.41) is 25.3. The number of H-pyrrole nitrogens is 1. The highest BCUT2D eigenvalue weighted by molar-refractivity contribution is 7.16. The number of carbonyl (C=O) groups is 3. The van der Waals surface area contributed by atoms with Crippen LogP contribution in [0.5, 0.6) is 11.8 Å². The molecule has 1 unspecified atom stereocenters. The van der Waals surface area contributed by atoms with Crippen molar-refractivity contribution in [3.05, 3.63) is 62.6 Å². The van der Waals surface area contributed by atoms with Crippen molar-refractivity contribution in [2.45, 2.75) is 39.3 Å². The van der Waals surface area contributed by atoms with E-state index < -0.39 is 35.6 Å². The van der Waals surface area contributed by atoms with E-state index in [1.54, 1.807) is 44.2 Å². The van der Waals surface area contributed by atoms with Crippen LogP contribution in [0.3, 0.4) is 0 Å². The molecular formula is C23H25ClN4O5S. The number of carbonyl (C=O) groups excluding carboxylic acids is 3.